The molecule has 0 atom stereocenters. The third-order valence-corrected chi connectivity index (χ3v) is 2.48. The lowest BCUT2D eigenvalue weighted by Gasteiger charge is -2.12. The predicted octanol–water partition coefficient (Wildman–Crippen LogP) is -0.106. The summed E-state index contributed by atoms with van der Waals surface area (Å²) >= 11 is 0. The van der Waals surface area contributed by atoms with Crippen LogP contribution in [0.5, 0.6) is 11.5 Å². The van der Waals surface area contributed by atoms with Crippen LogP contribution in [0.1, 0.15) is 5.56 Å². The molecule has 0 spiro atoms. The van der Waals surface area contributed by atoms with Gasteiger partial charge < -0.3 is 20.6 Å². The highest BCUT2D eigenvalue weighted by Crippen LogP contribution is 2.28. The third-order valence-electron chi connectivity index (χ3n) is 2.48. The first-order valence-electron chi connectivity index (χ1n) is 5.85. The molecular formula is C12H15N5O3. The number of nitrogens with zero attached hydrogens (tertiary/aromatic N) is 3. The molecule has 1 aromatic carbocycles. The molecule has 0 radical (unpaired) electrons. The molecule has 0 saturated heterocycles. The van der Waals surface area contributed by atoms with Crippen molar-refractivity contribution in [2.75, 3.05) is 19.1 Å². The number of carbonyl (C=O) groups excluding carboxylic acids is 1. The van der Waals surface area contributed by atoms with Gasteiger partial charge in [0.1, 0.15) is 12.7 Å². The molecule has 0 aliphatic carbocycles. The van der Waals surface area contributed by atoms with Crippen molar-refractivity contribution in [1.29, 1.82) is 0 Å². The van der Waals surface area contributed by atoms with E-state index in [-0.39, 0.29) is 6.61 Å². The van der Waals surface area contributed by atoms with E-state index in [0.29, 0.717) is 18.0 Å². The Labute approximate surface area is 115 Å². The Balaban J connectivity index is 2.02. The van der Waals surface area contributed by atoms with Gasteiger partial charge in [-0.15, -0.1) is 10.2 Å². The molecular weight excluding hydrogens is 262 g/mol. The molecule has 2 rings (SSSR count). The van der Waals surface area contributed by atoms with E-state index in [1.54, 1.807) is 23.4 Å². The molecule has 0 aliphatic heterocycles. The van der Waals surface area contributed by atoms with Crippen molar-refractivity contribution >= 4 is 5.91 Å². The summed E-state index contributed by atoms with van der Waals surface area (Å²) in [6.07, 6.45) is 3.11. The van der Waals surface area contributed by atoms with Gasteiger partial charge in [-0.3, -0.25) is 4.79 Å². The SMILES string of the molecule is COc1cc(CNn2cnnc2)ccc1OCC(N)=O. The van der Waals surface area contributed by atoms with Crippen LogP contribution in [0, 0.1) is 0 Å². The Morgan fingerprint density at radius 1 is 1.35 bits per heavy atom. The maximum Gasteiger partial charge on any atom is 0.255 e. The van der Waals surface area contributed by atoms with Gasteiger partial charge in [0.05, 0.1) is 13.7 Å². The Morgan fingerprint density at radius 3 is 2.75 bits per heavy atom. The van der Waals surface area contributed by atoms with Crippen LogP contribution < -0.4 is 20.6 Å². The zero-order chi connectivity index (χ0) is 14.4. The lowest BCUT2D eigenvalue weighted by Crippen LogP contribution is -2.20. The molecule has 1 aromatic heterocycles. The van der Waals surface area contributed by atoms with E-state index >= 15 is 0 Å². The minimum absolute atomic E-state index is 0.186. The summed E-state index contributed by atoms with van der Waals surface area (Å²) in [6, 6.07) is 5.40. The normalized spacial score (nSPS) is 10.1. The smallest absolute Gasteiger partial charge is 0.255 e. The van der Waals surface area contributed by atoms with Gasteiger partial charge in [0.15, 0.2) is 18.1 Å². The van der Waals surface area contributed by atoms with Crippen LogP contribution in [0.4, 0.5) is 0 Å². The van der Waals surface area contributed by atoms with Gasteiger partial charge in [0.2, 0.25) is 0 Å². The van der Waals surface area contributed by atoms with E-state index in [0.717, 1.165) is 5.56 Å². The van der Waals surface area contributed by atoms with Crippen molar-refractivity contribution in [3.63, 3.8) is 0 Å². The molecule has 8 heteroatoms. The van der Waals surface area contributed by atoms with Crippen LogP contribution in [-0.4, -0.2) is 34.5 Å². The molecule has 0 fully saturated rings. The molecule has 0 unspecified atom stereocenters. The molecule has 8 nitrogen and oxygen atoms in total. The first-order chi connectivity index (χ1) is 9.69. The van der Waals surface area contributed by atoms with Gasteiger partial charge in [0, 0.05) is 0 Å². The molecule has 1 heterocycles. The summed E-state index contributed by atoms with van der Waals surface area (Å²) in [5, 5.41) is 7.37. The second-order valence-electron chi connectivity index (χ2n) is 3.94. The van der Waals surface area contributed by atoms with Crippen molar-refractivity contribution in [1.82, 2.24) is 14.9 Å². The third kappa shape index (κ3) is 3.61. The number of nitrogens with one attached hydrogen (secondary N) is 1. The zero-order valence-corrected chi connectivity index (χ0v) is 10.9. The fraction of sp³-hybridized carbons (Fsp3) is 0.250. The van der Waals surface area contributed by atoms with Crippen LogP contribution >= 0.6 is 0 Å². The lowest BCUT2D eigenvalue weighted by atomic mass is 10.2. The topological polar surface area (TPSA) is 104 Å². The van der Waals surface area contributed by atoms with Gasteiger partial charge in [-0.25, -0.2) is 4.68 Å². The second-order valence-corrected chi connectivity index (χ2v) is 3.94. The number of rotatable bonds is 7. The minimum atomic E-state index is -0.537. The zero-order valence-electron chi connectivity index (χ0n) is 10.9. The first kappa shape index (κ1) is 13.7. The highest BCUT2D eigenvalue weighted by atomic mass is 16.5. The van der Waals surface area contributed by atoms with Gasteiger partial charge >= 0.3 is 0 Å². The summed E-state index contributed by atoms with van der Waals surface area (Å²) in [4.78, 5) is 10.7. The van der Waals surface area contributed by atoms with Gasteiger partial charge in [-0.2, -0.15) is 0 Å². The number of nitrogens with two attached hydrogens (primary N) is 1. The molecule has 0 aliphatic rings. The Morgan fingerprint density at radius 2 is 2.10 bits per heavy atom. The lowest BCUT2D eigenvalue weighted by molar-refractivity contribution is -0.119. The fourth-order valence-corrected chi connectivity index (χ4v) is 1.56. The molecule has 3 N–H and O–H groups in total. The number of hydrogen-bond donors (Lipinski definition) is 2. The Hall–Kier alpha value is -2.77. The summed E-state index contributed by atoms with van der Waals surface area (Å²) in [6.45, 7) is 0.374. The molecule has 0 bridgehead atoms. The number of methoxy groups -OCH3 is 1. The highest BCUT2D eigenvalue weighted by molar-refractivity contribution is 5.75. The predicted molar refractivity (Wildman–Crippen MR) is 70.8 cm³/mol. The van der Waals surface area contributed by atoms with Crippen molar-refractivity contribution in [3.8, 4) is 11.5 Å². The van der Waals surface area contributed by atoms with E-state index in [4.69, 9.17) is 15.2 Å². The quantitative estimate of drug-likeness (QED) is 0.732. The number of ether oxygens (including phenoxy) is 2. The summed E-state index contributed by atoms with van der Waals surface area (Å²) in [5.41, 5.74) is 9.09. The first-order valence-corrected chi connectivity index (χ1v) is 5.85. The number of amides is 1. The number of carbonyl (C=O) groups is 1. The Kier molecular flexibility index (Phi) is 4.38. The van der Waals surface area contributed by atoms with Crippen LogP contribution in [0.3, 0.4) is 0 Å². The Bertz CT molecular complexity index is 570. The monoisotopic (exact) mass is 277 g/mol. The van der Waals surface area contributed by atoms with Gasteiger partial charge in [-0.05, 0) is 17.7 Å². The number of hydrogen-bond acceptors (Lipinski definition) is 6. The van der Waals surface area contributed by atoms with Crippen LogP contribution in [0.25, 0.3) is 0 Å². The van der Waals surface area contributed by atoms with Gasteiger partial charge in [-0.1, -0.05) is 6.07 Å². The van der Waals surface area contributed by atoms with E-state index < -0.39 is 5.91 Å². The molecule has 0 saturated carbocycles. The van der Waals surface area contributed by atoms with Crippen LogP contribution in [0.2, 0.25) is 0 Å². The van der Waals surface area contributed by atoms with Crippen molar-refractivity contribution < 1.29 is 14.3 Å². The number of benzene rings is 1. The van der Waals surface area contributed by atoms with Crippen LogP contribution in [0.15, 0.2) is 30.9 Å². The van der Waals surface area contributed by atoms with Crippen LogP contribution in [-0.2, 0) is 11.3 Å². The average molecular weight is 277 g/mol. The summed E-state index contributed by atoms with van der Waals surface area (Å²) in [7, 11) is 1.53. The standard InChI is InChI=1S/C12H15N5O3/c1-19-11-4-9(5-16-17-7-14-15-8-17)2-3-10(11)20-6-12(13)18/h2-4,7-8,16H,5-6H2,1H3,(H2,13,18). The summed E-state index contributed by atoms with van der Waals surface area (Å²) in [5.74, 6) is 0.471. The van der Waals surface area contributed by atoms with Gasteiger partial charge in [0.25, 0.3) is 5.91 Å². The summed E-state index contributed by atoms with van der Waals surface area (Å²) < 4.78 is 12.1. The maximum absolute atomic E-state index is 10.7. The minimum Gasteiger partial charge on any atom is -0.493 e. The molecule has 20 heavy (non-hydrogen) atoms. The number of primary amides is 1. The van der Waals surface area contributed by atoms with E-state index in [1.807, 2.05) is 12.1 Å². The molecule has 2 aromatic rings. The second kappa shape index (κ2) is 6.41. The van der Waals surface area contributed by atoms with Crippen molar-refractivity contribution in [2.24, 2.45) is 5.73 Å². The van der Waals surface area contributed by atoms with Crippen molar-refractivity contribution in [2.45, 2.75) is 6.54 Å². The van der Waals surface area contributed by atoms with E-state index in [9.17, 15) is 4.79 Å². The highest BCUT2D eigenvalue weighted by Gasteiger charge is 2.07. The van der Waals surface area contributed by atoms with E-state index in [2.05, 4.69) is 15.6 Å². The average Bonchev–Trinajstić information content (AvgIpc) is 2.96. The maximum atomic E-state index is 10.7. The molecule has 1 amide bonds. The largest absolute Gasteiger partial charge is 0.493 e. The van der Waals surface area contributed by atoms with Crippen molar-refractivity contribution in [3.05, 3.63) is 36.4 Å². The number of aromatic nitrogens is 3. The van der Waals surface area contributed by atoms with E-state index in [1.165, 1.54) is 7.11 Å². The molecule has 106 valence electrons. The fourth-order valence-electron chi connectivity index (χ4n) is 1.56.